The van der Waals surface area contributed by atoms with E-state index < -0.39 is 0 Å². The molecule has 5 heteroatoms. The fraction of sp³-hybridized carbons (Fsp3) is 0.385. The summed E-state index contributed by atoms with van der Waals surface area (Å²) in [5, 5.41) is 3.88. The first kappa shape index (κ1) is 12.7. The van der Waals surface area contributed by atoms with Crippen LogP contribution in [0.1, 0.15) is 25.2 Å². The molecule has 0 spiro atoms. The highest BCUT2D eigenvalue weighted by Crippen LogP contribution is 2.16. The number of nitrogens with two attached hydrogens (primary N) is 1. The fourth-order valence-electron chi connectivity index (χ4n) is 1.67. The number of hydrogen-bond acceptors (Lipinski definition) is 4. The Balaban J connectivity index is 1.95. The normalized spacial score (nSPS) is 10.8. The van der Waals surface area contributed by atoms with Crippen LogP contribution in [0.25, 0.3) is 11.4 Å². The van der Waals surface area contributed by atoms with E-state index in [-0.39, 0.29) is 5.82 Å². The zero-order valence-electron chi connectivity index (χ0n) is 10.1. The summed E-state index contributed by atoms with van der Waals surface area (Å²) in [5.41, 5.74) is 6.18. The van der Waals surface area contributed by atoms with Gasteiger partial charge in [0.1, 0.15) is 5.82 Å². The molecule has 18 heavy (non-hydrogen) atoms. The molecule has 0 aliphatic rings. The third-order valence-electron chi connectivity index (χ3n) is 2.67. The average Bonchev–Trinajstić information content (AvgIpc) is 2.84. The number of nitrogens with zero attached hydrogens (tertiary/aromatic N) is 2. The monoisotopic (exact) mass is 249 g/mol. The van der Waals surface area contributed by atoms with Gasteiger partial charge >= 0.3 is 0 Å². The molecule has 0 unspecified atom stereocenters. The number of hydrogen-bond donors (Lipinski definition) is 1. The van der Waals surface area contributed by atoms with E-state index in [1.54, 1.807) is 12.1 Å². The molecule has 1 aromatic carbocycles. The first-order chi connectivity index (χ1) is 8.79. The third-order valence-corrected chi connectivity index (χ3v) is 2.67. The molecule has 0 saturated heterocycles. The molecule has 0 saturated carbocycles. The van der Waals surface area contributed by atoms with E-state index in [2.05, 4.69) is 10.1 Å². The molecular weight excluding hydrogens is 233 g/mol. The summed E-state index contributed by atoms with van der Waals surface area (Å²) in [6.45, 7) is 0.713. The summed E-state index contributed by atoms with van der Waals surface area (Å²) >= 11 is 0. The Morgan fingerprint density at radius 3 is 2.61 bits per heavy atom. The van der Waals surface area contributed by atoms with Crippen molar-refractivity contribution < 1.29 is 8.91 Å². The SMILES string of the molecule is NCCCCCc1nc(-c2ccc(F)cc2)no1. The molecule has 2 rings (SSSR count). The Morgan fingerprint density at radius 1 is 1.11 bits per heavy atom. The lowest BCUT2D eigenvalue weighted by molar-refractivity contribution is 0.374. The Kier molecular flexibility index (Phi) is 4.41. The van der Waals surface area contributed by atoms with Gasteiger partial charge in [-0.15, -0.1) is 0 Å². The van der Waals surface area contributed by atoms with E-state index in [9.17, 15) is 4.39 Å². The van der Waals surface area contributed by atoms with Crippen LogP contribution < -0.4 is 5.73 Å². The summed E-state index contributed by atoms with van der Waals surface area (Å²) < 4.78 is 17.9. The molecule has 0 amide bonds. The van der Waals surface area contributed by atoms with Crippen molar-refractivity contribution in [1.29, 1.82) is 0 Å². The lowest BCUT2D eigenvalue weighted by atomic mass is 10.2. The van der Waals surface area contributed by atoms with Gasteiger partial charge in [0.25, 0.3) is 0 Å². The Labute approximate surface area is 105 Å². The average molecular weight is 249 g/mol. The van der Waals surface area contributed by atoms with Crippen LogP contribution in [0.15, 0.2) is 28.8 Å². The number of halogens is 1. The predicted octanol–water partition coefficient (Wildman–Crippen LogP) is 2.55. The standard InChI is InChI=1S/C13H16FN3O/c14-11-7-5-10(6-8-11)13-16-12(18-17-13)4-2-1-3-9-15/h5-8H,1-4,9,15H2. The highest BCUT2D eigenvalue weighted by molar-refractivity contribution is 5.53. The number of unbranched alkanes of at least 4 members (excludes halogenated alkanes) is 2. The maximum atomic E-state index is 12.8. The van der Waals surface area contributed by atoms with Crippen LogP contribution >= 0.6 is 0 Å². The largest absolute Gasteiger partial charge is 0.339 e. The minimum absolute atomic E-state index is 0.274. The Morgan fingerprint density at radius 2 is 1.89 bits per heavy atom. The van der Waals surface area contributed by atoms with Crippen molar-refractivity contribution in [2.24, 2.45) is 5.73 Å². The molecule has 0 bridgehead atoms. The molecular formula is C13H16FN3O. The second-order valence-electron chi connectivity index (χ2n) is 4.12. The van der Waals surface area contributed by atoms with Crippen LogP contribution in [0.4, 0.5) is 4.39 Å². The van der Waals surface area contributed by atoms with Gasteiger partial charge in [-0.05, 0) is 43.7 Å². The van der Waals surface area contributed by atoms with Crippen LogP contribution in [-0.4, -0.2) is 16.7 Å². The van der Waals surface area contributed by atoms with Crippen LogP contribution in [0, 0.1) is 5.82 Å². The van der Waals surface area contributed by atoms with Gasteiger partial charge in [0.2, 0.25) is 11.7 Å². The molecule has 96 valence electrons. The summed E-state index contributed by atoms with van der Waals surface area (Å²) in [5.74, 6) is 0.847. The molecule has 1 heterocycles. The lowest BCUT2D eigenvalue weighted by Gasteiger charge is -1.94. The van der Waals surface area contributed by atoms with Crippen molar-refractivity contribution in [3.63, 3.8) is 0 Å². The minimum Gasteiger partial charge on any atom is -0.339 e. The van der Waals surface area contributed by atoms with Crippen molar-refractivity contribution in [3.8, 4) is 11.4 Å². The smallest absolute Gasteiger partial charge is 0.226 e. The molecule has 0 aliphatic carbocycles. The van der Waals surface area contributed by atoms with Crippen LogP contribution in [0.3, 0.4) is 0 Å². The summed E-state index contributed by atoms with van der Waals surface area (Å²) in [4.78, 5) is 4.28. The zero-order valence-corrected chi connectivity index (χ0v) is 10.1. The fourth-order valence-corrected chi connectivity index (χ4v) is 1.67. The van der Waals surface area contributed by atoms with Crippen LogP contribution in [0.5, 0.6) is 0 Å². The van der Waals surface area contributed by atoms with Gasteiger partial charge in [0.05, 0.1) is 0 Å². The van der Waals surface area contributed by atoms with Gasteiger partial charge in [-0.2, -0.15) is 4.98 Å². The maximum Gasteiger partial charge on any atom is 0.226 e. The molecule has 2 N–H and O–H groups in total. The third kappa shape index (κ3) is 3.37. The molecule has 1 aromatic heterocycles. The first-order valence-corrected chi connectivity index (χ1v) is 6.08. The van der Waals surface area contributed by atoms with Crippen molar-refractivity contribution in [3.05, 3.63) is 36.0 Å². The van der Waals surface area contributed by atoms with Gasteiger partial charge in [-0.25, -0.2) is 4.39 Å². The van der Waals surface area contributed by atoms with E-state index >= 15 is 0 Å². The minimum atomic E-state index is -0.274. The van der Waals surface area contributed by atoms with E-state index in [1.807, 2.05) is 0 Å². The lowest BCUT2D eigenvalue weighted by Crippen LogP contribution is -1.98. The van der Waals surface area contributed by atoms with Gasteiger partial charge < -0.3 is 10.3 Å². The van der Waals surface area contributed by atoms with Gasteiger partial charge in [-0.1, -0.05) is 11.6 Å². The van der Waals surface area contributed by atoms with E-state index in [0.29, 0.717) is 18.3 Å². The van der Waals surface area contributed by atoms with Crippen molar-refractivity contribution >= 4 is 0 Å². The number of benzene rings is 1. The summed E-state index contributed by atoms with van der Waals surface area (Å²) in [7, 11) is 0. The van der Waals surface area contributed by atoms with E-state index in [1.165, 1.54) is 12.1 Å². The van der Waals surface area contributed by atoms with Gasteiger partial charge in [-0.3, -0.25) is 0 Å². The molecule has 2 aromatic rings. The maximum absolute atomic E-state index is 12.8. The molecule has 0 fully saturated rings. The summed E-state index contributed by atoms with van der Waals surface area (Å²) in [6, 6.07) is 6.04. The molecule has 0 radical (unpaired) electrons. The van der Waals surface area contributed by atoms with Crippen LogP contribution in [0.2, 0.25) is 0 Å². The van der Waals surface area contributed by atoms with Gasteiger partial charge in [0, 0.05) is 12.0 Å². The van der Waals surface area contributed by atoms with E-state index in [0.717, 1.165) is 31.2 Å². The predicted molar refractivity (Wildman–Crippen MR) is 66.3 cm³/mol. The molecule has 4 nitrogen and oxygen atoms in total. The zero-order chi connectivity index (χ0) is 12.8. The van der Waals surface area contributed by atoms with Crippen LogP contribution in [-0.2, 0) is 6.42 Å². The first-order valence-electron chi connectivity index (χ1n) is 6.08. The second-order valence-corrected chi connectivity index (χ2v) is 4.12. The highest BCUT2D eigenvalue weighted by atomic mass is 19.1. The Bertz CT molecular complexity index is 481. The highest BCUT2D eigenvalue weighted by Gasteiger charge is 2.08. The molecule has 0 aliphatic heterocycles. The molecule has 0 atom stereocenters. The number of aryl methyl sites for hydroxylation is 1. The quantitative estimate of drug-likeness (QED) is 0.799. The van der Waals surface area contributed by atoms with E-state index in [4.69, 9.17) is 10.3 Å². The number of rotatable bonds is 6. The topological polar surface area (TPSA) is 64.9 Å². The Hall–Kier alpha value is -1.75. The van der Waals surface area contributed by atoms with Crippen molar-refractivity contribution in [1.82, 2.24) is 10.1 Å². The summed E-state index contributed by atoms with van der Waals surface area (Å²) in [6.07, 6.45) is 3.82. The number of aromatic nitrogens is 2. The van der Waals surface area contributed by atoms with Crippen molar-refractivity contribution in [2.75, 3.05) is 6.54 Å². The van der Waals surface area contributed by atoms with Gasteiger partial charge in [0.15, 0.2) is 0 Å². The van der Waals surface area contributed by atoms with Crippen molar-refractivity contribution in [2.45, 2.75) is 25.7 Å². The second kappa shape index (κ2) is 6.26.